The van der Waals surface area contributed by atoms with E-state index in [2.05, 4.69) is 19.9 Å². The molecule has 0 saturated carbocycles. The van der Waals surface area contributed by atoms with Gasteiger partial charge in [0.1, 0.15) is 17.1 Å². The maximum Gasteiger partial charge on any atom is 0.126 e. The third-order valence-corrected chi connectivity index (χ3v) is 3.56. The molecular weight excluding hydrogens is 240 g/mol. The largest absolute Gasteiger partial charge is 0.508 e. The van der Waals surface area contributed by atoms with E-state index in [1.165, 1.54) is 5.57 Å². The zero-order valence-electron chi connectivity index (χ0n) is 11.8. The van der Waals surface area contributed by atoms with Gasteiger partial charge in [-0.05, 0) is 51.8 Å². The quantitative estimate of drug-likeness (QED) is 0.816. The van der Waals surface area contributed by atoms with E-state index in [4.69, 9.17) is 4.74 Å². The lowest BCUT2D eigenvalue weighted by molar-refractivity contribution is -0.00647. The number of aromatic hydroxyl groups is 1. The highest BCUT2D eigenvalue weighted by Gasteiger charge is 2.36. The summed E-state index contributed by atoms with van der Waals surface area (Å²) >= 11 is 0. The number of allylic oxidation sites excluding steroid dienone is 2. The summed E-state index contributed by atoms with van der Waals surface area (Å²) < 4.78 is 6.03. The lowest BCUT2D eigenvalue weighted by Gasteiger charge is -2.38. The zero-order chi connectivity index (χ0) is 14.0. The van der Waals surface area contributed by atoms with Crippen LogP contribution in [0.25, 0.3) is 0 Å². The van der Waals surface area contributed by atoms with E-state index in [9.17, 15) is 10.2 Å². The van der Waals surface area contributed by atoms with Crippen molar-refractivity contribution in [2.45, 2.75) is 51.7 Å². The molecule has 1 aliphatic heterocycles. The van der Waals surface area contributed by atoms with Gasteiger partial charge in [0.05, 0.1) is 6.10 Å². The van der Waals surface area contributed by atoms with Crippen LogP contribution in [0.4, 0.5) is 0 Å². The standard InChI is InChI=1S/C16H22O3/c1-11(2)5-4-8-16(3)10-14(18)13-9-12(17)6-7-15(13)19-16/h5-7,9,14,17-18H,4,8,10H2,1-3H3. The van der Waals surface area contributed by atoms with Crippen LogP contribution in [0.5, 0.6) is 11.5 Å². The monoisotopic (exact) mass is 262 g/mol. The number of aliphatic hydroxyl groups excluding tert-OH is 1. The molecule has 1 aromatic carbocycles. The average molecular weight is 262 g/mol. The molecule has 0 saturated heterocycles. The lowest BCUT2D eigenvalue weighted by Crippen LogP contribution is -2.38. The molecule has 0 amide bonds. The molecule has 0 spiro atoms. The topological polar surface area (TPSA) is 49.7 Å². The number of aliphatic hydroxyl groups is 1. The van der Waals surface area contributed by atoms with E-state index in [1.807, 2.05) is 6.92 Å². The van der Waals surface area contributed by atoms with Crippen molar-refractivity contribution >= 4 is 0 Å². The molecule has 2 atom stereocenters. The molecule has 0 fully saturated rings. The van der Waals surface area contributed by atoms with Crippen molar-refractivity contribution in [3.8, 4) is 11.5 Å². The Morgan fingerprint density at radius 3 is 2.89 bits per heavy atom. The molecule has 0 aliphatic carbocycles. The first-order valence-corrected chi connectivity index (χ1v) is 6.73. The van der Waals surface area contributed by atoms with Gasteiger partial charge in [-0.25, -0.2) is 0 Å². The van der Waals surface area contributed by atoms with Crippen molar-refractivity contribution in [1.82, 2.24) is 0 Å². The Kier molecular flexibility index (Phi) is 3.85. The van der Waals surface area contributed by atoms with E-state index in [1.54, 1.807) is 18.2 Å². The van der Waals surface area contributed by atoms with Crippen LogP contribution >= 0.6 is 0 Å². The van der Waals surface area contributed by atoms with Crippen LogP contribution in [0.15, 0.2) is 29.8 Å². The molecule has 2 rings (SSSR count). The molecule has 1 aliphatic rings. The molecule has 0 radical (unpaired) electrons. The maximum atomic E-state index is 10.2. The first-order chi connectivity index (χ1) is 8.89. The van der Waals surface area contributed by atoms with Gasteiger partial charge in [0.15, 0.2) is 0 Å². The second-order valence-corrected chi connectivity index (χ2v) is 5.81. The highest BCUT2D eigenvalue weighted by Crippen LogP contribution is 2.42. The fourth-order valence-electron chi connectivity index (χ4n) is 2.53. The van der Waals surface area contributed by atoms with Gasteiger partial charge in [-0.3, -0.25) is 0 Å². The third-order valence-electron chi connectivity index (χ3n) is 3.56. The minimum absolute atomic E-state index is 0.162. The predicted molar refractivity (Wildman–Crippen MR) is 75.4 cm³/mol. The van der Waals surface area contributed by atoms with Crippen LogP contribution in [-0.4, -0.2) is 15.8 Å². The first kappa shape index (κ1) is 13.9. The summed E-state index contributed by atoms with van der Waals surface area (Å²) in [6, 6.07) is 4.90. The van der Waals surface area contributed by atoms with Gasteiger partial charge in [-0.2, -0.15) is 0 Å². The van der Waals surface area contributed by atoms with Crippen molar-refractivity contribution < 1.29 is 14.9 Å². The van der Waals surface area contributed by atoms with Gasteiger partial charge in [0.25, 0.3) is 0 Å². The number of fused-ring (bicyclic) bond motifs is 1. The number of ether oxygens (including phenoxy) is 1. The molecule has 2 N–H and O–H groups in total. The fourth-order valence-corrected chi connectivity index (χ4v) is 2.53. The molecule has 3 heteroatoms. The highest BCUT2D eigenvalue weighted by molar-refractivity contribution is 5.43. The Bertz CT molecular complexity index is 489. The van der Waals surface area contributed by atoms with Gasteiger partial charge < -0.3 is 14.9 Å². The van der Waals surface area contributed by atoms with E-state index < -0.39 is 6.10 Å². The Labute approximate surface area is 114 Å². The van der Waals surface area contributed by atoms with Crippen LogP contribution in [-0.2, 0) is 0 Å². The smallest absolute Gasteiger partial charge is 0.126 e. The summed E-state index contributed by atoms with van der Waals surface area (Å²) in [5.74, 6) is 0.839. The second-order valence-electron chi connectivity index (χ2n) is 5.81. The number of phenolic OH excluding ortho intramolecular Hbond substituents is 1. The van der Waals surface area contributed by atoms with Crippen LogP contribution in [0.3, 0.4) is 0 Å². The molecule has 3 nitrogen and oxygen atoms in total. The number of hydrogen-bond donors (Lipinski definition) is 2. The fraction of sp³-hybridized carbons (Fsp3) is 0.500. The molecule has 1 aromatic rings. The minimum atomic E-state index is -0.576. The third kappa shape index (κ3) is 3.29. The van der Waals surface area contributed by atoms with Crippen LogP contribution in [0.1, 0.15) is 51.7 Å². The maximum absolute atomic E-state index is 10.2. The summed E-state index contributed by atoms with van der Waals surface area (Å²) in [7, 11) is 0. The second kappa shape index (κ2) is 5.25. The lowest BCUT2D eigenvalue weighted by atomic mass is 9.86. The molecule has 104 valence electrons. The minimum Gasteiger partial charge on any atom is -0.508 e. The summed E-state index contributed by atoms with van der Waals surface area (Å²) in [5, 5.41) is 19.7. The van der Waals surface area contributed by atoms with Gasteiger partial charge in [-0.1, -0.05) is 11.6 Å². The Balaban J connectivity index is 2.15. The van der Waals surface area contributed by atoms with Crippen molar-refractivity contribution in [3.05, 3.63) is 35.4 Å². The number of benzene rings is 1. The summed E-state index contributed by atoms with van der Waals surface area (Å²) in [4.78, 5) is 0. The highest BCUT2D eigenvalue weighted by atomic mass is 16.5. The molecular formula is C16H22O3. The van der Waals surface area contributed by atoms with Gasteiger partial charge in [0, 0.05) is 12.0 Å². The van der Waals surface area contributed by atoms with E-state index in [0.717, 1.165) is 12.8 Å². The van der Waals surface area contributed by atoms with Crippen molar-refractivity contribution in [2.24, 2.45) is 0 Å². The SMILES string of the molecule is CC(C)=CCCC1(C)CC(O)c2cc(O)ccc2O1. The Hall–Kier alpha value is -1.48. The van der Waals surface area contributed by atoms with Gasteiger partial charge >= 0.3 is 0 Å². The van der Waals surface area contributed by atoms with Crippen molar-refractivity contribution in [1.29, 1.82) is 0 Å². The van der Waals surface area contributed by atoms with Gasteiger partial charge in [0.2, 0.25) is 0 Å². The summed E-state index contributed by atoms with van der Waals surface area (Å²) in [5.41, 5.74) is 1.62. The Morgan fingerprint density at radius 1 is 1.47 bits per heavy atom. The zero-order valence-corrected chi connectivity index (χ0v) is 11.8. The predicted octanol–water partition coefficient (Wildman–Crippen LogP) is 3.71. The van der Waals surface area contributed by atoms with E-state index >= 15 is 0 Å². The van der Waals surface area contributed by atoms with E-state index in [0.29, 0.717) is 17.7 Å². The average Bonchev–Trinajstić information content (AvgIpc) is 2.29. The molecule has 1 heterocycles. The Morgan fingerprint density at radius 2 is 2.21 bits per heavy atom. The van der Waals surface area contributed by atoms with Crippen molar-refractivity contribution in [2.75, 3.05) is 0 Å². The first-order valence-electron chi connectivity index (χ1n) is 6.73. The van der Waals surface area contributed by atoms with Crippen LogP contribution < -0.4 is 4.74 Å². The van der Waals surface area contributed by atoms with Crippen LogP contribution in [0.2, 0.25) is 0 Å². The van der Waals surface area contributed by atoms with Crippen molar-refractivity contribution in [3.63, 3.8) is 0 Å². The number of phenols is 1. The summed E-state index contributed by atoms with van der Waals surface area (Å²) in [6.07, 6.45) is 3.98. The molecule has 0 bridgehead atoms. The summed E-state index contributed by atoms with van der Waals surface area (Å²) in [6.45, 7) is 6.19. The van der Waals surface area contributed by atoms with E-state index in [-0.39, 0.29) is 11.4 Å². The molecule has 2 unspecified atom stereocenters. The molecule has 19 heavy (non-hydrogen) atoms. The van der Waals surface area contributed by atoms with Gasteiger partial charge in [-0.15, -0.1) is 0 Å². The normalized spacial score (nSPS) is 25.4. The van der Waals surface area contributed by atoms with Crippen LogP contribution in [0, 0.1) is 0 Å². The molecule has 0 aromatic heterocycles. The number of rotatable bonds is 3. The number of hydrogen-bond acceptors (Lipinski definition) is 3.